The fourth-order valence-corrected chi connectivity index (χ4v) is 3.70. The van der Waals surface area contributed by atoms with Crippen molar-refractivity contribution in [3.05, 3.63) is 29.8 Å². The maximum Gasteiger partial charge on any atom is 0.150 e. The molecule has 1 fully saturated rings. The minimum atomic E-state index is -2.96. The van der Waals surface area contributed by atoms with Crippen molar-refractivity contribution in [1.82, 2.24) is 0 Å². The van der Waals surface area contributed by atoms with Gasteiger partial charge in [0.1, 0.15) is 15.6 Å². The van der Waals surface area contributed by atoms with Crippen molar-refractivity contribution in [2.75, 3.05) is 6.26 Å². The molecule has 2 N–H and O–H groups in total. The average Bonchev–Trinajstić information content (AvgIpc) is 2.38. The highest BCUT2D eigenvalue weighted by Crippen LogP contribution is 2.27. The van der Waals surface area contributed by atoms with Crippen LogP contribution in [-0.4, -0.2) is 26.0 Å². The van der Waals surface area contributed by atoms with E-state index in [-0.39, 0.29) is 11.4 Å². The van der Waals surface area contributed by atoms with E-state index >= 15 is 0 Å². The number of rotatable bonds is 4. The monoisotopic (exact) mass is 283 g/mol. The fourth-order valence-electron chi connectivity index (χ4n) is 2.54. The van der Waals surface area contributed by atoms with E-state index in [0.717, 1.165) is 30.6 Å². The summed E-state index contributed by atoms with van der Waals surface area (Å²) < 4.78 is 29.1. The largest absolute Gasteiger partial charge is 0.490 e. The molecular weight excluding hydrogens is 262 g/mol. The molecule has 0 aliphatic heterocycles. The average molecular weight is 283 g/mol. The Morgan fingerprint density at radius 2 is 2.16 bits per heavy atom. The third-order valence-corrected chi connectivity index (χ3v) is 5.26. The van der Waals surface area contributed by atoms with Crippen molar-refractivity contribution in [2.24, 2.45) is 5.73 Å². The molecule has 0 radical (unpaired) electrons. The molecule has 0 heterocycles. The number of nitrogens with two attached hydrogens (primary N) is 1. The minimum Gasteiger partial charge on any atom is -0.490 e. The maximum absolute atomic E-state index is 11.6. The smallest absolute Gasteiger partial charge is 0.150 e. The van der Waals surface area contributed by atoms with E-state index in [9.17, 15) is 8.42 Å². The molecule has 0 spiro atoms. The molecule has 0 aromatic heterocycles. The lowest BCUT2D eigenvalue weighted by molar-refractivity contribution is 0.156. The molecular formula is C14H21NO3S. The maximum atomic E-state index is 11.6. The summed E-state index contributed by atoms with van der Waals surface area (Å²) in [5.74, 6) is 0.780. The quantitative estimate of drug-likeness (QED) is 0.916. The fraction of sp³-hybridized carbons (Fsp3) is 0.571. The van der Waals surface area contributed by atoms with Crippen LogP contribution in [0.4, 0.5) is 0 Å². The summed E-state index contributed by atoms with van der Waals surface area (Å²) in [6.45, 7) is 0.480. The van der Waals surface area contributed by atoms with Crippen LogP contribution in [-0.2, 0) is 16.4 Å². The van der Waals surface area contributed by atoms with Crippen LogP contribution in [0.5, 0.6) is 5.75 Å². The Labute approximate surface area is 114 Å². The lowest BCUT2D eigenvalue weighted by atomic mass is 9.97. The second-order valence-corrected chi connectivity index (χ2v) is 7.54. The van der Waals surface area contributed by atoms with E-state index in [4.69, 9.17) is 10.5 Å². The second-order valence-electron chi connectivity index (χ2n) is 5.21. The van der Waals surface area contributed by atoms with Crippen LogP contribution in [0.3, 0.4) is 0 Å². The van der Waals surface area contributed by atoms with Crippen LogP contribution in [0.15, 0.2) is 24.3 Å². The van der Waals surface area contributed by atoms with Crippen LogP contribution >= 0.6 is 0 Å². The van der Waals surface area contributed by atoms with Gasteiger partial charge in [-0.15, -0.1) is 0 Å². The second kappa shape index (κ2) is 5.92. The topological polar surface area (TPSA) is 69.4 Å². The molecule has 0 saturated heterocycles. The van der Waals surface area contributed by atoms with E-state index in [1.54, 1.807) is 0 Å². The van der Waals surface area contributed by atoms with E-state index in [1.165, 1.54) is 6.26 Å². The predicted molar refractivity (Wildman–Crippen MR) is 75.8 cm³/mol. The van der Waals surface area contributed by atoms with E-state index in [2.05, 4.69) is 0 Å². The molecule has 106 valence electrons. The standard InChI is InChI=1S/C14H21NO3S/c1-19(16,17)14-7-3-6-13(9-14)18-12-5-2-4-11(8-12)10-15/h2,4-5,8,13-14H,3,6-7,9-10,15H2,1H3. The number of ether oxygens (including phenoxy) is 1. The SMILES string of the molecule is CS(=O)(=O)C1CCCC(Oc2cccc(CN)c2)C1. The van der Waals surface area contributed by atoms with Crippen molar-refractivity contribution in [3.8, 4) is 5.75 Å². The third-order valence-electron chi connectivity index (χ3n) is 3.62. The lowest BCUT2D eigenvalue weighted by Crippen LogP contribution is -2.33. The van der Waals surface area contributed by atoms with Gasteiger partial charge in [0, 0.05) is 19.2 Å². The first-order valence-electron chi connectivity index (χ1n) is 6.63. The molecule has 1 aliphatic carbocycles. The first-order valence-corrected chi connectivity index (χ1v) is 8.59. The van der Waals surface area contributed by atoms with Gasteiger partial charge in [0.15, 0.2) is 0 Å². The molecule has 1 aromatic rings. The lowest BCUT2D eigenvalue weighted by Gasteiger charge is -2.28. The first kappa shape index (κ1) is 14.3. The summed E-state index contributed by atoms with van der Waals surface area (Å²) in [6, 6.07) is 7.68. The Morgan fingerprint density at radius 1 is 1.37 bits per heavy atom. The van der Waals surface area contributed by atoms with Crippen LogP contribution in [0, 0.1) is 0 Å². The summed E-state index contributed by atoms with van der Waals surface area (Å²) in [6.07, 6.45) is 4.46. The zero-order valence-electron chi connectivity index (χ0n) is 11.2. The van der Waals surface area contributed by atoms with Gasteiger partial charge in [0.25, 0.3) is 0 Å². The van der Waals surface area contributed by atoms with Crippen LogP contribution in [0.1, 0.15) is 31.2 Å². The summed E-state index contributed by atoms with van der Waals surface area (Å²) >= 11 is 0. The molecule has 2 atom stereocenters. The van der Waals surface area contributed by atoms with Crippen LogP contribution < -0.4 is 10.5 Å². The van der Waals surface area contributed by atoms with Crippen molar-refractivity contribution in [2.45, 2.75) is 43.6 Å². The molecule has 4 nitrogen and oxygen atoms in total. The Balaban J connectivity index is 2.02. The van der Waals surface area contributed by atoms with Gasteiger partial charge in [-0.3, -0.25) is 0 Å². The highest BCUT2D eigenvalue weighted by atomic mass is 32.2. The van der Waals surface area contributed by atoms with E-state index in [0.29, 0.717) is 13.0 Å². The number of hydrogen-bond donors (Lipinski definition) is 1. The number of sulfone groups is 1. The van der Waals surface area contributed by atoms with Crippen molar-refractivity contribution in [3.63, 3.8) is 0 Å². The van der Waals surface area contributed by atoms with Crippen LogP contribution in [0.2, 0.25) is 0 Å². The molecule has 1 saturated carbocycles. The summed E-state index contributed by atoms with van der Waals surface area (Å²) in [4.78, 5) is 0. The Bertz CT molecular complexity index is 527. The molecule has 2 unspecified atom stereocenters. The number of benzene rings is 1. The highest BCUT2D eigenvalue weighted by molar-refractivity contribution is 7.91. The van der Waals surface area contributed by atoms with E-state index in [1.807, 2.05) is 24.3 Å². The molecule has 0 amide bonds. The van der Waals surface area contributed by atoms with Gasteiger partial charge in [-0.25, -0.2) is 8.42 Å². The zero-order chi connectivity index (χ0) is 13.9. The summed E-state index contributed by atoms with van der Waals surface area (Å²) in [5, 5.41) is -0.260. The van der Waals surface area contributed by atoms with Crippen molar-refractivity contribution >= 4 is 9.84 Å². The van der Waals surface area contributed by atoms with Gasteiger partial charge in [0.2, 0.25) is 0 Å². The summed E-state index contributed by atoms with van der Waals surface area (Å²) in [7, 11) is -2.96. The molecule has 1 aromatic carbocycles. The van der Waals surface area contributed by atoms with Gasteiger partial charge in [0.05, 0.1) is 11.4 Å². The molecule has 5 heteroatoms. The Morgan fingerprint density at radius 3 is 2.84 bits per heavy atom. The van der Waals surface area contributed by atoms with Gasteiger partial charge >= 0.3 is 0 Å². The predicted octanol–water partition coefficient (Wildman–Crippen LogP) is 1.88. The molecule has 19 heavy (non-hydrogen) atoms. The molecule has 2 rings (SSSR count). The van der Waals surface area contributed by atoms with Gasteiger partial charge in [-0.1, -0.05) is 12.1 Å². The van der Waals surface area contributed by atoms with Gasteiger partial charge in [-0.2, -0.15) is 0 Å². The van der Waals surface area contributed by atoms with Gasteiger partial charge < -0.3 is 10.5 Å². The van der Waals surface area contributed by atoms with Crippen molar-refractivity contribution in [1.29, 1.82) is 0 Å². The molecule has 1 aliphatic rings. The Kier molecular flexibility index (Phi) is 4.47. The van der Waals surface area contributed by atoms with Gasteiger partial charge in [-0.05, 0) is 37.0 Å². The van der Waals surface area contributed by atoms with Crippen molar-refractivity contribution < 1.29 is 13.2 Å². The van der Waals surface area contributed by atoms with Crippen LogP contribution in [0.25, 0.3) is 0 Å². The summed E-state index contributed by atoms with van der Waals surface area (Å²) in [5.41, 5.74) is 6.62. The number of hydrogen-bond acceptors (Lipinski definition) is 4. The molecule has 0 bridgehead atoms. The Hall–Kier alpha value is -1.07. The highest BCUT2D eigenvalue weighted by Gasteiger charge is 2.29. The minimum absolute atomic E-state index is 0.0125. The normalized spacial score (nSPS) is 24.1. The zero-order valence-corrected chi connectivity index (χ0v) is 12.0. The van der Waals surface area contributed by atoms with E-state index < -0.39 is 9.84 Å². The first-order chi connectivity index (χ1) is 8.99. The third kappa shape index (κ3) is 3.94.